The van der Waals surface area contributed by atoms with Crippen LogP contribution in [0, 0.1) is 0 Å². The number of amides is 1. The van der Waals surface area contributed by atoms with Gasteiger partial charge in [0.1, 0.15) is 18.1 Å². The van der Waals surface area contributed by atoms with Gasteiger partial charge in [0.25, 0.3) is 5.91 Å². The zero-order valence-electron chi connectivity index (χ0n) is 19.6. The summed E-state index contributed by atoms with van der Waals surface area (Å²) in [6.07, 6.45) is 0. The lowest BCUT2D eigenvalue weighted by molar-refractivity contribution is -0.122. The average Bonchev–Trinajstić information content (AvgIpc) is 2.90. The zero-order chi connectivity index (χ0) is 23.6. The standard InChI is InChI=1S/C27H32N4O3/c1-33-25-12-14-26(15-13-25)34-21-20-29-16-18-30(19-17-29)22-27(32)28-31(23-8-4-2-5-9-23)24-10-6-3-7-11-24/h2-15H,16-22H2,1H3,(H,28,32). The summed E-state index contributed by atoms with van der Waals surface area (Å²) in [5, 5.41) is 1.84. The van der Waals surface area contributed by atoms with E-state index in [0.29, 0.717) is 13.2 Å². The highest BCUT2D eigenvalue weighted by molar-refractivity contribution is 5.82. The molecule has 3 aromatic rings. The maximum Gasteiger partial charge on any atom is 0.252 e. The Labute approximate surface area is 201 Å². The molecule has 1 N–H and O–H groups in total. The van der Waals surface area contributed by atoms with Gasteiger partial charge in [-0.3, -0.25) is 25.0 Å². The minimum absolute atomic E-state index is 0.0241. The summed E-state index contributed by atoms with van der Waals surface area (Å²) < 4.78 is 11.0. The van der Waals surface area contributed by atoms with Gasteiger partial charge >= 0.3 is 0 Å². The molecule has 7 heteroatoms. The van der Waals surface area contributed by atoms with Crippen LogP contribution in [0.3, 0.4) is 0 Å². The van der Waals surface area contributed by atoms with Crippen molar-refractivity contribution in [3.8, 4) is 11.5 Å². The second-order valence-electron chi connectivity index (χ2n) is 8.18. The molecule has 0 bridgehead atoms. The van der Waals surface area contributed by atoms with Crippen LogP contribution in [-0.4, -0.2) is 68.7 Å². The molecule has 3 aromatic carbocycles. The van der Waals surface area contributed by atoms with Gasteiger partial charge in [-0.1, -0.05) is 36.4 Å². The Hall–Kier alpha value is -3.55. The number of nitrogens with one attached hydrogen (secondary N) is 1. The lowest BCUT2D eigenvalue weighted by atomic mass is 10.2. The third-order valence-corrected chi connectivity index (χ3v) is 5.83. The molecule has 1 amide bonds. The van der Waals surface area contributed by atoms with Gasteiger partial charge in [-0.25, -0.2) is 0 Å². The van der Waals surface area contributed by atoms with E-state index < -0.39 is 0 Å². The Balaban J connectivity index is 1.22. The Morgan fingerprint density at radius 3 is 1.88 bits per heavy atom. The van der Waals surface area contributed by atoms with Gasteiger partial charge < -0.3 is 9.47 Å². The zero-order valence-corrected chi connectivity index (χ0v) is 19.6. The van der Waals surface area contributed by atoms with Crippen LogP contribution >= 0.6 is 0 Å². The maximum atomic E-state index is 12.9. The van der Waals surface area contributed by atoms with Crippen molar-refractivity contribution in [2.24, 2.45) is 0 Å². The lowest BCUT2D eigenvalue weighted by Gasteiger charge is -2.34. The van der Waals surface area contributed by atoms with Crippen LogP contribution in [0.5, 0.6) is 11.5 Å². The van der Waals surface area contributed by atoms with E-state index in [1.807, 2.05) is 89.9 Å². The number of anilines is 2. The third-order valence-electron chi connectivity index (χ3n) is 5.83. The number of hydrazine groups is 1. The molecule has 34 heavy (non-hydrogen) atoms. The van der Waals surface area contributed by atoms with Crippen LogP contribution < -0.4 is 19.9 Å². The third kappa shape index (κ3) is 6.73. The number of ether oxygens (including phenoxy) is 2. The monoisotopic (exact) mass is 460 g/mol. The molecule has 0 radical (unpaired) electrons. The minimum atomic E-state index is -0.0241. The van der Waals surface area contributed by atoms with E-state index >= 15 is 0 Å². The van der Waals surface area contributed by atoms with Gasteiger partial charge in [0.2, 0.25) is 0 Å². The van der Waals surface area contributed by atoms with Crippen molar-refractivity contribution in [2.75, 3.05) is 58.0 Å². The molecule has 1 fully saturated rings. The Morgan fingerprint density at radius 2 is 1.32 bits per heavy atom. The summed E-state index contributed by atoms with van der Waals surface area (Å²) in [7, 11) is 1.65. The molecule has 0 aliphatic carbocycles. The van der Waals surface area contributed by atoms with Crippen molar-refractivity contribution < 1.29 is 14.3 Å². The molecule has 1 saturated heterocycles. The van der Waals surface area contributed by atoms with Crippen LogP contribution in [0.1, 0.15) is 0 Å². The number of piperazine rings is 1. The molecule has 0 spiro atoms. The molecule has 4 rings (SSSR count). The highest BCUT2D eigenvalue weighted by atomic mass is 16.5. The highest BCUT2D eigenvalue weighted by Gasteiger charge is 2.20. The normalized spacial score (nSPS) is 14.4. The molecule has 0 saturated carbocycles. The summed E-state index contributed by atoms with van der Waals surface area (Å²) in [4.78, 5) is 17.5. The predicted molar refractivity (Wildman–Crippen MR) is 135 cm³/mol. The predicted octanol–water partition coefficient (Wildman–Crippen LogP) is 3.56. The molecule has 7 nitrogen and oxygen atoms in total. The molecule has 0 atom stereocenters. The molecule has 1 aliphatic rings. The van der Waals surface area contributed by atoms with Crippen molar-refractivity contribution >= 4 is 17.3 Å². The first-order valence-electron chi connectivity index (χ1n) is 11.6. The van der Waals surface area contributed by atoms with Crippen LogP contribution in [0.4, 0.5) is 11.4 Å². The van der Waals surface area contributed by atoms with Crippen molar-refractivity contribution in [2.45, 2.75) is 0 Å². The van der Waals surface area contributed by atoms with E-state index in [0.717, 1.165) is 55.6 Å². The first kappa shape index (κ1) is 23.6. The first-order valence-corrected chi connectivity index (χ1v) is 11.6. The fourth-order valence-electron chi connectivity index (χ4n) is 3.93. The number of benzene rings is 3. The van der Waals surface area contributed by atoms with Crippen LogP contribution in [-0.2, 0) is 4.79 Å². The average molecular weight is 461 g/mol. The summed E-state index contributed by atoms with van der Waals surface area (Å²) in [6.45, 7) is 5.41. The number of methoxy groups -OCH3 is 1. The first-order chi connectivity index (χ1) is 16.7. The van der Waals surface area contributed by atoms with E-state index in [-0.39, 0.29) is 5.91 Å². The number of carbonyl (C=O) groups is 1. The van der Waals surface area contributed by atoms with E-state index in [9.17, 15) is 4.79 Å². The van der Waals surface area contributed by atoms with Crippen molar-refractivity contribution in [1.82, 2.24) is 15.2 Å². The second-order valence-corrected chi connectivity index (χ2v) is 8.18. The molecular formula is C27H32N4O3. The number of para-hydroxylation sites is 2. The van der Waals surface area contributed by atoms with E-state index in [2.05, 4.69) is 15.2 Å². The number of carbonyl (C=O) groups excluding carboxylic acids is 1. The quantitative estimate of drug-likeness (QED) is 0.467. The second kappa shape index (κ2) is 12.1. The molecular weight excluding hydrogens is 428 g/mol. The largest absolute Gasteiger partial charge is 0.497 e. The molecule has 1 aliphatic heterocycles. The van der Waals surface area contributed by atoms with E-state index in [1.165, 1.54) is 0 Å². The molecule has 0 aromatic heterocycles. The topological polar surface area (TPSA) is 57.3 Å². The fraction of sp³-hybridized carbons (Fsp3) is 0.296. The van der Waals surface area contributed by atoms with E-state index in [4.69, 9.17) is 9.47 Å². The fourth-order valence-corrected chi connectivity index (χ4v) is 3.93. The number of nitrogens with zero attached hydrogens (tertiary/aromatic N) is 3. The van der Waals surface area contributed by atoms with Gasteiger partial charge in [-0.2, -0.15) is 0 Å². The van der Waals surface area contributed by atoms with Gasteiger partial charge in [0.05, 0.1) is 25.0 Å². The van der Waals surface area contributed by atoms with Gasteiger partial charge in [0, 0.05) is 32.7 Å². The maximum absolute atomic E-state index is 12.9. The highest BCUT2D eigenvalue weighted by Crippen LogP contribution is 2.22. The van der Waals surface area contributed by atoms with E-state index in [1.54, 1.807) is 7.11 Å². The van der Waals surface area contributed by atoms with Crippen LogP contribution in [0.2, 0.25) is 0 Å². The Kier molecular flexibility index (Phi) is 8.38. The summed E-state index contributed by atoms with van der Waals surface area (Å²) in [6, 6.07) is 27.4. The smallest absolute Gasteiger partial charge is 0.252 e. The lowest BCUT2D eigenvalue weighted by Crippen LogP contribution is -2.51. The molecule has 0 unspecified atom stereocenters. The molecule has 178 valence electrons. The Morgan fingerprint density at radius 1 is 0.794 bits per heavy atom. The SMILES string of the molecule is COc1ccc(OCCN2CCN(CC(=O)NN(c3ccccc3)c3ccccc3)CC2)cc1. The van der Waals surface area contributed by atoms with Crippen molar-refractivity contribution in [3.63, 3.8) is 0 Å². The summed E-state index contributed by atoms with van der Waals surface area (Å²) in [5.41, 5.74) is 4.92. The van der Waals surface area contributed by atoms with Crippen molar-refractivity contribution in [3.05, 3.63) is 84.9 Å². The number of hydrogen-bond acceptors (Lipinski definition) is 6. The van der Waals surface area contributed by atoms with Crippen LogP contribution in [0.15, 0.2) is 84.9 Å². The summed E-state index contributed by atoms with van der Waals surface area (Å²) in [5.74, 6) is 1.64. The van der Waals surface area contributed by atoms with Crippen LogP contribution in [0.25, 0.3) is 0 Å². The van der Waals surface area contributed by atoms with Gasteiger partial charge in [-0.05, 0) is 48.5 Å². The minimum Gasteiger partial charge on any atom is -0.497 e. The summed E-state index contributed by atoms with van der Waals surface area (Å²) >= 11 is 0. The number of rotatable bonds is 10. The van der Waals surface area contributed by atoms with Crippen molar-refractivity contribution in [1.29, 1.82) is 0 Å². The number of hydrogen-bond donors (Lipinski definition) is 1. The van der Waals surface area contributed by atoms with Gasteiger partial charge in [-0.15, -0.1) is 0 Å². The van der Waals surface area contributed by atoms with Gasteiger partial charge in [0.15, 0.2) is 0 Å². The molecule has 1 heterocycles. The Bertz CT molecular complexity index is 968.